The molecule has 0 spiro atoms. The summed E-state index contributed by atoms with van der Waals surface area (Å²) in [7, 11) is 2.99. The fraction of sp³-hybridized carbons (Fsp3) is 0.200. The van der Waals surface area contributed by atoms with E-state index in [1.165, 1.54) is 36.5 Å². The van der Waals surface area contributed by atoms with Crippen LogP contribution in [0.5, 0.6) is 11.5 Å². The second kappa shape index (κ2) is 6.77. The van der Waals surface area contributed by atoms with Crippen LogP contribution in [0.1, 0.15) is 27.7 Å². The van der Waals surface area contributed by atoms with Crippen LogP contribution in [-0.4, -0.2) is 36.0 Å². The van der Waals surface area contributed by atoms with Crippen molar-refractivity contribution in [3.63, 3.8) is 0 Å². The van der Waals surface area contributed by atoms with Crippen molar-refractivity contribution in [1.29, 1.82) is 0 Å². The average molecular weight is 366 g/mol. The summed E-state index contributed by atoms with van der Waals surface area (Å²) in [5.74, 6) is 0.195. The Morgan fingerprint density at radius 1 is 1.00 bits per heavy atom. The summed E-state index contributed by atoms with van der Waals surface area (Å²) >= 11 is 0. The van der Waals surface area contributed by atoms with Gasteiger partial charge in [0.2, 0.25) is 0 Å². The molecule has 2 amide bonds. The molecule has 0 fully saturated rings. The van der Waals surface area contributed by atoms with Gasteiger partial charge in [0, 0.05) is 17.8 Å². The number of fused-ring (bicyclic) bond motifs is 3. The van der Waals surface area contributed by atoms with E-state index in [0.717, 1.165) is 5.56 Å². The SMILES string of the molecule is COc1ccc2c(c1OC)C(=O)N1C=CC(=O)N(OCc3ccccc3)[C@@H]21. The maximum absolute atomic E-state index is 13.0. The lowest BCUT2D eigenvalue weighted by atomic mass is 10.1. The number of benzene rings is 2. The Kier molecular flexibility index (Phi) is 4.29. The first kappa shape index (κ1) is 17.1. The summed E-state index contributed by atoms with van der Waals surface area (Å²) in [6.45, 7) is 0.210. The van der Waals surface area contributed by atoms with Gasteiger partial charge in [-0.25, -0.2) is 0 Å². The van der Waals surface area contributed by atoms with Gasteiger partial charge in [0.05, 0.1) is 19.8 Å². The van der Waals surface area contributed by atoms with Gasteiger partial charge in [0.15, 0.2) is 17.7 Å². The Hall–Kier alpha value is -3.32. The molecule has 2 aromatic rings. The van der Waals surface area contributed by atoms with Crippen LogP contribution in [0.2, 0.25) is 0 Å². The van der Waals surface area contributed by atoms with Gasteiger partial charge in [0.25, 0.3) is 11.8 Å². The number of hydrogen-bond donors (Lipinski definition) is 0. The van der Waals surface area contributed by atoms with Crippen molar-refractivity contribution in [3.05, 3.63) is 71.4 Å². The molecule has 138 valence electrons. The highest BCUT2D eigenvalue weighted by Crippen LogP contribution is 2.46. The van der Waals surface area contributed by atoms with E-state index in [4.69, 9.17) is 14.3 Å². The highest BCUT2D eigenvalue weighted by molar-refractivity contribution is 6.05. The molecule has 4 rings (SSSR count). The third kappa shape index (κ3) is 2.72. The lowest BCUT2D eigenvalue weighted by Crippen LogP contribution is -2.43. The van der Waals surface area contributed by atoms with Crippen LogP contribution in [0, 0.1) is 0 Å². The molecular weight excluding hydrogens is 348 g/mol. The first-order valence-corrected chi connectivity index (χ1v) is 8.41. The van der Waals surface area contributed by atoms with Gasteiger partial charge < -0.3 is 9.47 Å². The molecule has 2 heterocycles. The Morgan fingerprint density at radius 3 is 2.48 bits per heavy atom. The van der Waals surface area contributed by atoms with Gasteiger partial charge in [-0.05, 0) is 11.6 Å². The van der Waals surface area contributed by atoms with Crippen molar-refractivity contribution in [2.24, 2.45) is 0 Å². The molecule has 0 aromatic heterocycles. The van der Waals surface area contributed by atoms with Gasteiger partial charge in [-0.3, -0.25) is 19.3 Å². The van der Waals surface area contributed by atoms with Gasteiger partial charge in [-0.2, -0.15) is 5.06 Å². The molecule has 7 heteroatoms. The van der Waals surface area contributed by atoms with E-state index in [1.807, 2.05) is 30.3 Å². The first-order chi connectivity index (χ1) is 13.2. The number of hydrogen-bond acceptors (Lipinski definition) is 5. The molecule has 0 bridgehead atoms. The summed E-state index contributed by atoms with van der Waals surface area (Å²) < 4.78 is 10.7. The molecule has 1 atom stereocenters. The molecule has 27 heavy (non-hydrogen) atoms. The van der Waals surface area contributed by atoms with Crippen molar-refractivity contribution in [2.75, 3.05) is 14.2 Å². The van der Waals surface area contributed by atoms with Crippen LogP contribution in [0.25, 0.3) is 0 Å². The highest BCUT2D eigenvalue weighted by atomic mass is 16.7. The number of carbonyl (C=O) groups is 2. The van der Waals surface area contributed by atoms with E-state index < -0.39 is 6.17 Å². The van der Waals surface area contributed by atoms with Crippen molar-refractivity contribution in [2.45, 2.75) is 12.8 Å². The first-order valence-electron chi connectivity index (χ1n) is 8.41. The number of rotatable bonds is 5. The van der Waals surface area contributed by atoms with Crippen molar-refractivity contribution in [1.82, 2.24) is 9.96 Å². The standard InChI is InChI=1S/C20H18N2O5/c1-25-15-9-8-14-17(18(15)26-2)20(24)21-11-10-16(23)22(19(14)21)27-12-13-6-4-3-5-7-13/h3-11,19H,12H2,1-2H3/t19-/m0/s1. The maximum atomic E-state index is 13.0. The monoisotopic (exact) mass is 366 g/mol. The molecule has 0 saturated carbocycles. The van der Waals surface area contributed by atoms with E-state index in [-0.39, 0.29) is 18.4 Å². The second-order valence-electron chi connectivity index (χ2n) is 6.09. The van der Waals surface area contributed by atoms with E-state index in [1.54, 1.807) is 12.1 Å². The topological polar surface area (TPSA) is 68.3 Å². The van der Waals surface area contributed by atoms with Crippen LogP contribution in [0.4, 0.5) is 0 Å². The number of hydroxylamine groups is 2. The zero-order valence-corrected chi connectivity index (χ0v) is 14.9. The van der Waals surface area contributed by atoms with Crippen LogP contribution in [-0.2, 0) is 16.2 Å². The minimum atomic E-state index is -0.687. The smallest absolute Gasteiger partial charge is 0.273 e. The van der Waals surface area contributed by atoms with Gasteiger partial charge in [-0.1, -0.05) is 36.4 Å². The molecule has 0 saturated heterocycles. The predicted molar refractivity (Wildman–Crippen MR) is 95.7 cm³/mol. The predicted octanol–water partition coefficient (Wildman–Crippen LogP) is 2.65. The number of amides is 2. The molecule has 2 aromatic carbocycles. The number of methoxy groups -OCH3 is 2. The van der Waals surface area contributed by atoms with Crippen molar-refractivity contribution >= 4 is 11.8 Å². The Morgan fingerprint density at radius 2 is 1.78 bits per heavy atom. The summed E-state index contributed by atoms with van der Waals surface area (Å²) in [5.41, 5.74) is 1.92. The highest BCUT2D eigenvalue weighted by Gasteiger charge is 2.46. The van der Waals surface area contributed by atoms with E-state index in [9.17, 15) is 9.59 Å². The lowest BCUT2D eigenvalue weighted by molar-refractivity contribution is -0.217. The van der Waals surface area contributed by atoms with Gasteiger partial charge in [-0.15, -0.1) is 0 Å². The van der Waals surface area contributed by atoms with Gasteiger partial charge in [0.1, 0.15) is 6.61 Å². The quantitative estimate of drug-likeness (QED) is 0.814. The Balaban J connectivity index is 1.72. The third-order valence-corrected chi connectivity index (χ3v) is 4.60. The number of carbonyl (C=O) groups excluding carboxylic acids is 2. The van der Waals surface area contributed by atoms with E-state index >= 15 is 0 Å². The summed E-state index contributed by atoms with van der Waals surface area (Å²) in [4.78, 5) is 32.7. The summed E-state index contributed by atoms with van der Waals surface area (Å²) in [6, 6.07) is 13.0. The summed E-state index contributed by atoms with van der Waals surface area (Å²) in [6.07, 6.45) is 2.10. The fourth-order valence-corrected chi connectivity index (χ4v) is 3.35. The molecule has 0 aliphatic carbocycles. The van der Waals surface area contributed by atoms with Gasteiger partial charge >= 0.3 is 0 Å². The minimum absolute atomic E-state index is 0.210. The number of nitrogens with zero attached hydrogens (tertiary/aromatic N) is 2. The molecule has 2 aliphatic rings. The molecule has 2 aliphatic heterocycles. The molecule has 7 nitrogen and oxygen atoms in total. The molecule has 0 unspecified atom stereocenters. The summed E-state index contributed by atoms with van der Waals surface area (Å²) in [5, 5.41) is 1.22. The largest absolute Gasteiger partial charge is 0.493 e. The zero-order valence-electron chi connectivity index (χ0n) is 14.9. The van der Waals surface area contributed by atoms with Crippen molar-refractivity contribution < 1.29 is 23.9 Å². The van der Waals surface area contributed by atoms with E-state index in [0.29, 0.717) is 22.6 Å². The zero-order chi connectivity index (χ0) is 19.0. The Bertz CT molecular complexity index is 925. The normalized spacial score (nSPS) is 17.8. The number of ether oxygens (including phenoxy) is 2. The average Bonchev–Trinajstić information content (AvgIpc) is 2.99. The Labute approximate surface area is 156 Å². The fourth-order valence-electron chi connectivity index (χ4n) is 3.35. The second-order valence-corrected chi connectivity index (χ2v) is 6.09. The molecule has 0 N–H and O–H groups in total. The lowest BCUT2D eigenvalue weighted by Gasteiger charge is -2.34. The minimum Gasteiger partial charge on any atom is -0.493 e. The molecule has 0 radical (unpaired) electrons. The van der Waals surface area contributed by atoms with Crippen LogP contribution < -0.4 is 9.47 Å². The third-order valence-electron chi connectivity index (χ3n) is 4.60. The molecular formula is C20H18N2O5. The van der Waals surface area contributed by atoms with Crippen molar-refractivity contribution in [3.8, 4) is 11.5 Å². The van der Waals surface area contributed by atoms with Crippen LogP contribution in [0.3, 0.4) is 0 Å². The van der Waals surface area contributed by atoms with Crippen LogP contribution >= 0.6 is 0 Å². The van der Waals surface area contributed by atoms with E-state index in [2.05, 4.69) is 0 Å². The van der Waals surface area contributed by atoms with Crippen LogP contribution in [0.15, 0.2) is 54.7 Å². The maximum Gasteiger partial charge on any atom is 0.273 e.